The van der Waals surface area contributed by atoms with E-state index in [1.54, 1.807) is 23.2 Å². The zero-order valence-corrected chi connectivity index (χ0v) is 34.4. The molecule has 8 rings (SSSR count). The molecule has 5 aromatic rings. The molecule has 3 aromatic carbocycles. The second-order valence-electron chi connectivity index (χ2n) is 15.1. The molecule has 3 aliphatic rings. The molecule has 0 saturated carbocycles. The third kappa shape index (κ3) is 9.40. The summed E-state index contributed by atoms with van der Waals surface area (Å²) >= 11 is 0. The molecule has 1 unspecified atom stereocenters. The molecular weight excluding hydrogens is 786 g/mol. The van der Waals surface area contributed by atoms with E-state index in [2.05, 4.69) is 52.0 Å². The number of imide groups is 1. The summed E-state index contributed by atoms with van der Waals surface area (Å²) in [4.78, 5) is 64.9. The molecule has 3 N–H and O–H groups in total. The number of benzene rings is 3. The zero-order chi connectivity index (χ0) is 40.9. The van der Waals surface area contributed by atoms with Crippen molar-refractivity contribution in [1.82, 2.24) is 45.2 Å². The maximum absolute atomic E-state index is 13.2. The van der Waals surface area contributed by atoms with E-state index >= 15 is 0 Å². The highest BCUT2D eigenvalue weighted by Crippen LogP contribution is 2.31. The number of carbonyl (C=O) groups excluding carboxylic acids is 4. The first kappa shape index (κ1) is 41.8. The van der Waals surface area contributed by atoms with E-state index in [0.717, 1.165) is 73.2 Å². The number of carbonyl (C=O) groups is 4. The Bertz CT molecular complexity index is 2330. The molecule has 60 heavy (non-hydrogen) atoms. The van der Waals surface area contributed by atoms with Crippen molar-refractivity contribution >= 4 is 47.4 Å². The van der Waals surface area contributed by atoms with Gasteiger partial charge in [0, 0.05) is 81.4 Å². The number of piperazine rings is 1. The number of ether oxygens (including phenoxy) is 1. The monoisotopic (exact) mass is 833 g/mol. The van der Waals surface area contributed by atoms with E-state index < -0.39 is 11.9 Å². The summed E-state index contributed by atoms with van der Waals surface area (Å²) in [6.45, 7) is 7.87. The summed E-state index contributed by atoms with van der Waals surface area (Å²) in [7, 11) is 1.89. The summed E-state index contributed by atoms with van der Waals surface area (Å²) in [6, 6.07) is 22.1. The van der Waals surface area contributed by atoms with Crippen molar-refractivity contribution in [3.63, 3.8) is 0 Å². The van der Waals surface area contributed by atoms with Crippen molar-refractivity contribution in [2.45, 2.75) is 51.4 Å². The van der Waals surface area contributed by atoms with Crippen LogP contribution < -0.4 is 25.6 Å². The standard InChI is InChI=1S/C43H47N11O5.ClH/c1-28(47-41(56)30-5-3-6-32(23-30)45-25-38-49-50-40(51(38)2)36-15-16-44-27-46-36)29-7-10-34(11-8-29)59-22-4-17-52-18-20-53(21-19-52)33-9-12-35-31(24-33)26-54(43(35)58)37-13-14-39(55)48-42(37)57;/h3,5-12,15-16,23-24,27-28,37,45H,4,13-14,17-22,25-26H2,1-2H3,(H,47,56)(H,48,55,57);1H/t28-,37?;/m0./s1. The van der Waals surface area contributed by atoms with Crippen LogP contribution >= 0.6 is 12.4 Å². The summed E-state index contributed by atoms with van der Waals surface area (Å²) in [5.74, 6) is 1.15. The fourth-order valence-corrected chi connectivity index (χ4v) is 7.79. The molecule has 0 bridgehead atoms. The molecule has 5 heterocycles. The van der Waals surface area contributed by atoms with Crippen LogP contribution in [0.1, 0.15) is 69.9 Å². The van der Waals surface area contributed by atoms with Gasteiger partial charge in [-0.2, -0.15) is 0 Å². The quantitative estimate of drug-likeness (QED) is 0.108. The van der Waals surface area contributed by atoms with Gasteiger partial charge in [-0.3, -0.25) is 29.4 Å². The molecule has 2 saturated heterocycles. The van der Waals surface area contributed by atoms with Crippen LogP contribution in [0.4, 0.5) is 11.4 Å². The molecule has 0 radical (unpaired) electrons. The summed E-state index contributed by atoms with van der Waals surface area (Å²) in [6.07, 6.45) is 4.63. The van der Waals surface area contributed by atoms with Crippen LogP contribution in [0, 0.1) is 0 Å². The average molecular weight is 834 g/mol. The van der Waals surface area contributed by atoms with Crippen molar-refractivity contribution in [2.24, 2.45) is 7.05 Å². The van der Waals surface area contributed by atoms with Gasteiger partial charge in [0.1, 0.15) is 23.8 Å². The number of halogens is 1. The van der Waals surface area contributed by atoms with E-state index in [1.807, 2.05) is 73.1 Å². The number of piperidine rings is 1. The second kappa shape index (κ2) is 18.7. The summed E-state index contributed by atoms with van der Waals surface area (Å²) < 4.78 is 7.94. The first-order valence-electron chi connectivity index (χ1n) is 20.0. The highest BCUT2D eigenvalue weighted by molar-refractivity contribution is 6.05. The van der Waals surface area contributed by atoms with Crippen molar-refractivity contribution in [3.8, 4) is 17.3 Å². The topological polar surface area (TPSA) is 180 Å². The van der Waals surface area contributed by atoms with Crippen molar-refractivity contribution < 1.29 is 23.9 Å². The highest BCUT2D eigenvalue weighted by atomic mass is 35.5. The van der Waals surface area contributed by atoms with Crippen LogP contribution in [0.2, 0.25) is 0 Å². The van der Waals surface area contributed by atoms with Crippen LogP contribution in [0.5, 0.6) is 5.75 Å². The van der Waals surface area contributed by atoms with Gasteiger partial charge < -0.3 is 29.7 Å². The lowest BCUT2D eigenvalue weighted by atomic mass is 10.0. The molecule has 2 atom stereocenters. The largest absolute Gasteiger partial charge is 0.494 e. The van der Waals surface area contributed by atoms with Crippen LogP contribution in [0.3, 0.4) is 0 Å². The smallest absolute Gasteiger partial charge is 0.255 e. The minimum absolute atomic E-state index is 0. The summed E-state index contributed by atoms with van der Waals surface area (Å²) in [5, 5.41) is 17.4. The van der Waals surface area contributed by atoms with Gasteiger partial charge in [-0.05, 0) is 85.5 Å². The van der Waals surface area contributed by atoms with Gasteiger partial charge in [-0.25, -0.2) is 9.97 Å². The first-order valence-corrected chi connectivity index (χ1v) is 20.0. The molecule has 4 amide bonds. The van der Waals surface area contributed by atoms with Crippen LogP contribution in [-0.2, 0) is 29.7 Å². The van der Waals surface area contributed by atoms with Crippen molar-refractivity contribution in [1.29, 1.82) is 0 Å². The Morgan fingerprint density at radius 1 is 0.983 bits per heavy atom. The van der Waals surface area contributed by atoms with Gasteiger partial charge in [0.25, 0.3) is 11.8 Å². The number of anilines is 2. The minimum Gasteiger partial charge on any atom is -0.494 e. The van der Waals surface area contributed by atoms with Gasteiger partial charge in [0.05, 0.1) is 19.2 Å². The second-order valence-corrected chi connectivity index (χ2v) is 15.1. The van der Waals surface area contributed by atoms with Crippen LogP contribution in [-0.4, -0.2) is 104 Å². The minimum atomic E-state index is -0.610. The van der Waals surface area contributed by atoms with E-state index in [9.17, 15) is 19.2 Å². The first-order chi connectivity index (χ1) is 28.7. The maximum Gasteiger partial charge on any atom is 0.255 e. The molecule has 3 aliphatic heterocycles. The van der Waals surface area contributed by atoms with Gasteiger partial charge in [0.2, 0.25) is 11.8 Å². The number of hydrogen-bond acceptors (Lipinski definition) is 12. The molecule has 312 valence electrons. The molecular formula is C43H48ClN11O5. The third-order valence-corrected chi connectivity index (χ3v) is 11.2. The van der Waals surface area contributed by atoms with Crippen molar-refractivity contribution in [2.75, 3.05) is 49.5 Å². The molecule has 0 aliphatic carbocycles. The van der Waals surface area contributed by atoms with E-state index in [1.165, 1.54) is 6.33 Å². The van der Waals surface area contributed by atoms with E-state index in [-0.39, 0.29) is 42.6 Å². The Hall–Kier alpha value is -6.39. The van der Waals surface area contributed by atoms with Crippen LogP contribution in [0.15, 0.2) is 85.3 Å². The predicted molar refractivity (Wildman–Crippen MR) is 227 cm³/mol. The molecule has 2 fully saturated rings. The average Bonchev–Trinajstić information content (AvgIpc) is 3.80. The Morgan fingerprint density at radius 3 is 2.57 bits per heavy atom. The summed E-state index contributed by atoms with van der Waals surface area (Å²) in [5.41, 5.74) is 5.63. The Labute approximate surface area is 354 Å². The molecule has 16 nitrogen and oxygen atoms in total. The molecule has 0 spiro atoms. The van der Waals surface area contributed by atoms with Gasteiger partial charge in [-0.15, -0.1) is 22.6 Å². The maximum atomic E-state index is 13.2. The fraction of sp³-hybridized carbons (Fsp3) is 0.349. The van der Waals surface area contributed by atoms with Gasteiger partial charge in [0.15, 0.2) is 11.6 Å². The normalized spacial score (nSPS) is 17.1. The lowest BCUT2D eigenvalue weighted by molar-refractivity contribution is -0.136. The molecule has 17 heteroatoms. The Balaban J connectivity index is 0.00000544. The number of nitrogens with zero attached hydrogens (tertiary/aromatic N) is 8. The predicted octanol–water partition coefficient (Wildman–Crippen LogP) is 4.15. The van der Waals surface area contributed by atoms with Crippen molar-refractivity contribution in [3.05, 3.63) is 113 Å². The number of rotatable bonds is 14. The Morgan fingerprint density at radius 2 is 1.80 bits per heavy atom. The number of amides is 4. The highest BCUT2D eigenvalue weighted by Gasteiger charge is 2.39. The zero-order valence-electron chi connectivity index (χ0n) is 33.5. The Kier molecular flexibility index (Phi) is 13.0. The van der Waals surface area contributed by atoms with E-state index in [4.69, 9.17) is 4.74 Å². The SMILES string of the molecule is C[C@H](NC(=O)c1cccc(NCc2nnc(-c3ccncn3)n2C)c1)c1ccc(OCCCN2CCN(c3ccc4c(c3)CN(C3CCC(=O)NC3=O)C4=O)CC2)cc1.Cl. The molecule has 2 aromatic heterocycles. The fourth-order valence-electron chi connectivity index (χ4n) is 7.79. The van der Waals surface area contributed by atoms with Crippen LogP contribution in [0.25, 0.3) is 11.5 Å². The third-order valence-electron chi connectivity index (χ3n) is 11.2. The lowest BCUT2D eigenvalue weighted by Crippen LogP contribution is -2.52. The van der Waals surface area contributed by atoms with Gasteiger partial charge >= 0.3 is 0 Å². The number of fused-ring (bicyclic) bond motifs is 1. The van der Waals surface area contributed by atoms with E-state index in [0.29, 0.717) is 48.8 Å². The van der Waals surface area contributed by atoms with Gasteiger partial charge in [-0.1, -0.05) is 18.2 Å². The number of aromatic nitrogens is 5. The lowest BCUT2D eigenvalue weighted by Gasteiger charge is -2.36. The number of nitrogens with one attached hydrogen (secondary N) is 3. The number of hydrogen-bond donors (Lipinski definition) is 3.